The first-order chi connectivity index (χ1) is 10.6. The number of carbonyl (C=O) groups excluding carboxylic acids is 2. The van der Waals surface area contributed by atoms with Gasteiger partial charge in [0.25, 0.3) is 0 Å². The Kier molecular flexibility index (Phi) is 4.43. The molecular formula is C17H22N2O3. The average Bonchev–Trinajstić information content (AvgIpc) is 3.04. The highest BCUT2D eigenvalue weighted by atomic mass is 16.5. The third-order valence-electron chi connectivity index (χ3n) is 4.57. The first kappa shape index (κ1) is 15.0. The minimum Gasteiger partial charge on any atom is -0.381 e. The zero-order chi connectivity index (χ0) is 15.5. The number of hydrogen-bond donors (Lipinski definition) is 1. The molecule has 2 aliphatic heterocycles. The number of fused-ring (bicyclic) bond motifs is 1. The van der Waals surface area contributed by atoms with Crippen molar-refractivity contribution in [3.05, 3.63) is 29.3 Å². The molecule has 1 saturated heterocycles. The smallest absolute Gasteiger partial charge is 0.248 e. The second kappa shape index (κ2) is 6.48. The van der Waals surface area contributed by atoms with Crippen LogP contribution < -0.4 is 10.6 Å². The summed E-state index contributed by atoms with van der Waals surface area (Å²) in [6.07, 6.45) is 4.32. The van der Waals surface area contributed by atoms with Gasteiger partial charge in [0.2, 0.25) is 11.8 Å². The van der Waals surface area contributed by atoms with Crippen LogP contribution in [-0.2, 0) is 16.0 Å². The van der Waals surface area contributed by atoms with Gasteiger partial charge in [0.05, 0.1) is 0 Å². The van der Waals surface area contributed by atoms with E-state index in [9.17, 15) is 9.59 Å². The lowest BCUT2D eigenvalue weighted by Crippen LogP contribution is -2.35. The molecule has 5 heteroatoms. The van der Waals surface area contributed by atoms with Crippen molar-refractivity contribution in [1.82, 2.24) is 0 Å². The van der Waals surface area contributed by atoms with Crippen molar-refractivity contribution in [2.45, 2.75) is 32.1 Å². The summed E-state index contributed by atoms with van der Waals surface area (Å²) in [5.74, 6) is 0.262. The molecule has 22 heavy (non-hydrogen) atoms. The Morgan fingerprint density at radius 1 is 1.36 bits per heavy atom. The summed E-state index contributed by atoms with van der Waals surface area (Å²) in [6, 6.07) is 5.38. The van der Waals surface area contributed by atoms with Gasteiger partial charge in [0, 0.05) is 37.4 Å². The Bertz CT molecular complexity index is 579. The van der Waals surface area contributed by atoms with E-state index in [-0.39, 0.29) is 5.91 Å². The number of hydrogen-bond acceptors (Lipinski definition) is 3. The van der Waals surface area contributed by atoms with Crippen molar-refractivity contribution in [2.75, 3.05) is 24.7 Å². The van der Waals surface area contributed by atoms with Crippen LogP contribution in [-0.4, -0.2) is 31.6 Å². The Labute approximate surface area is 130 Å². The normalized spacial score (nSPS) is 20.7. The van der Waals surface area contributed by atoms with E-state index in [1.165, 1.54) is 0 Å². The fourth-order valence-corrected chi connectivity index (χ4v) is 3.28. The zero-order valence-electron chi connectivity index (χ0n) is 12.7. The van der Waals surface area contributed by atoms with E-state index in [0.717, 1.165) is 56.7 Å². The summed E-state index contributed by atoms with van der Waals surface area (Å²) in [4.78, 5) is 25.7. The monoisotopic (exact) mass is 302 g/mol. The summed E-state index contributed by atoms with van der Waals surface area (Å²) in [6.45, 7) is 2.36. The molecule has 0 aromatic heterocycles. The van der Waals surface area contributed by atoms with E-state index in [0.29, 0.717) is 17.9 Å². The van der Waals surface area contributed by atoms with E-state index in [2.05, 4.69) is 0 Å². The molecule has 1 fully saturated rings. The number of ether oxygens (including phenoxy) is 1. The predicted octanol–water partition coefficient (Wildman–Crippen LogP) is 1.88. The standard InChI is InChI=1S/C17H22N2O3/c18-17(21)14-4-5-15-13(10-14)2-1-8-19(15)16(20)6-3-12-7-9-22-11-12/h4-5,10,12H,1-3,6-9,11H2,(H2,18,21). The number of amides is 2. The van der Waals surface area contributed by atoms with E-state index < -0.39 is 5.91 Å². The number of primary amides is 1. The highest BCUT2D eigenvalue weighted by molar-refractivity contribution is 5.97. The number of benzene rings is 1. The Morgan fingerprint density at radius 2 is 2.23 bits per heavy atom. The van der Waals surface area contributed by atoms with E-state index in [1.54, 1.807) is 6.07 Å². The van der Waals surface area contributed by atoms with E-state index in [4.69, 9.17) is 10.5 Å². The SMILES string of the molecule is NC(=O)c1ccc2c(c1)CCCN2C(=O)CCC1CCOC1. The molecule has 3 rings (SSSR count). The number of anilines is 1. The summed E-state index contributed by atoms with van der Waals surface area (Å²) >= 11 is 0. The van der Waals surface area contributed by atoms with Crippen LogP contribution in [0.15, 0.2) is 18.2 Å². The minimum atomic E-state index is -0.424. The molecule has 1 aromatic carbocycles. The van der Waals surface area contributed by atoms with Crippen molar-refractivity contribution in [3.63, 3.8) is 0 Å². The molecule has 1 unspecified atom stereocenters. The molecule has 5 nitrogen and oxygen atoms in total. The van der Waals surface area contributed by atoms with Crippen molar-refractivity contribution in [1.29, 1.82) is 0 Å². The third-order valence-corrected chi connectivity index (χ3v) is 4.57. The van der Waals surface area contributed by atoms with Crippen molar-refractivity contribution >= 4 is 17.5 Å². The quantitative estimate of drug-likeness (QED) is 0.923. The number of carbonyl (C=O) groups is 2. The maximum absolute atomic E-state index is 12.5. The summed E-state index contributed by atoms with van der Waals surface area (Å²) in [7, 11) is 0. The number of nitrogens with zero attached hydrogens (tertiary/aromatic N) is 1. The molecule has 0 bridgehead atoms. The lowest BCUT2D eigenvalue weighted by atomic mass is 9.97. The molecule has 1 atom stereocenters. The number of nitrogens with two attached hydrogens (primary N) is 1. The first-order valence-electron chi connectivity index (χ1n) is 7.96. The second-order valence-electron chi connectivity index (χ2n) is 6.12. The highest BCUT2D eigenvalue weighted by Crippen LogP contribution is 2.29. The number of rotatable bonds is 4. The van der Waals surface area contributed by atoms with Gasteiger partial charge in [0.1, 0.15) is 0 Å². The lowest BCUT2D eigenvalue weighted by Gasteiger charge is -2.30. The molecule has 0 saturated carbocycles. The van der Waals surface area contributed by atoms with Crippen LogP contribution in [0.5, 0.6) is 0 Å². The van der Waals surface area contributed by atoms with E-state index >= 15 is 0 Å². The Hall–Kier alpha value is -1.88. The van der Waals surface area contributed by atoms with E-state index in [1.807, 2.05) is 17.0 Å². The topological polar surface area (TPSA) is 72.6 Å². The van der Waals surface area contributed by atoms with Gasteiger partial charge in [-0.3, -0.25) is 9.59 Å². The molecule has 2 aliphatic rings. The molecular weight excluding hydrogens is 280 g/mol. The van der Waals surface area contributed by atoms with Crippen molar-refractivity contribution in [2.24, 2.45) is 11.7 Å². The van der Waals surface area contributed by atoms with Crippen LogP contribution in [0.3, 0.4) is 0 Å². The van der Waals surface area contributed by atoms with Crippen LogP contribution in [0.1, 0.15) is 41.6 Å². The molecule has 2 heterocycles. The number of aryl methyl sites for hydroxylation is 1. The maximum atomic E-state index is 12.5. The van der Waals surface area contributed by atoms with Crippen LogP contribution in [0.4, 0.5) is 5.69 Å². The van der Waals surface area contributed by atoms with Gasteiger partial charge in [-0.15, -0.1) is 0 Å². The largest absolute Gasteiger partial charge is 0.381 e. The maximum Gasteiger partial charge on any atom is 0.248 e. The van der Waals surface area contributed by atoms with Crippen LogP contribution in [0.25, 0.3) is 0 Å². The summed E-state index contributed by atoms with van der Waals surface area (Å²) in [5.41, 5.74) is 7.81. The van der Waals surface area contributed by atoms with Gasteiger partial charge in [-0.05, 0) is 55.4 Å². The molecule has 0 aliphatic carbocycles. The van der Waals surface area contributed by atoms with Crippen LogP contribution >= 0.6 is 0 Å². The van der Waals surface area contributed by atoms with Gasteiger partial charge in [-0.2, -0.15) is 0 Å². The van der Waals surface area contributed by atoms with Crippen LogP contribution in [0, 0.1) is 5.92 Å². The summed E-state index contributed by atoms with van der Waals surface area (Å²) in [5, 5.41) is 0. The first-order valence-corrected chi connectivity index (χ1v) is 7.96. The van der Waals surface area contributed by atoms with Crippen LogP contribution in [0.2, 0.25) is 0 Å². The van der Waals surface area contributed by atoms with Gasteiger partial charge in [0.15, 0.2) is 0 Å². The Balaban J connectivity index is 1.70. The highest BCUT2D eigenvalue weighted by Gasteiger charge is 2.24. The average molecular weight is 302 g/mol. The molecule has 1 aromatic rings. The van der Waals surface area contributed by atoms with Crippen molar-refractivity contribution in [3.8, 4) is 0 Å². The third kappa shape index (κ3) is 3.14. The zero-order valence-corrected chi connectivity index (χ0v) is 12.7. The van der Waals surface area contributed by atoms with Crippen molar-refractivity contribution < 1.29 is 14.3 Å². The summed E-state index contributed by atoms with van der Waals surface area (Å²) < 4.78 is 5.36. The predicted molar refractivity (Wildman–Crippen MR) is 83.8 cm³/mol. The molecule has 0 spiro atoms. The Morgan fingerprint density at radius 3 is 2.95 bits per heavy atom. The second-order valence-corrected chi connectivity index (χ2v) is 6.12. The molecule has 0 radical (unpaired) electrons. The fourth-order valence-electron chi connectivity index (χ4n) is 3.28. The van der Waals surface area contributed by atoms with Gasteiger partial charge in [-0.1, -0.05) is 0 Å². The lowest BCUT2D eigenvalue weighted by molar-refractivity contribution is -0.119. The minimum absolute atomic E-state index is 0.166. The molecule has 118 valence electrons. The molecule has 2 amide bonds. The van der Waals surface area contributed by atoms with Gasteiger partial charge >= 0.3 is 0 Å². The molecule has 2 N–H and O–H groups in total. The van der Waals surface area contributed by atoms with Gasteiger partial charge < -0.3 is 15.4 Å². The fraction of sp³-hybridized carbons (Fsp3) is 0.529. The van der Waals surface area contributed by atoms with Gasteiger partial charge in [-0.25, -0.2) is 0 Å².